The van der Waals surface area contributed by atoms with Gasteiger partial charge in [0.25, 0.3) is 0 Å². The third kappa shape index (κ3) is 3.13. The van der Waals surface area contributed by atoms with Gasteiger partial charge in [0.1, 0.15) is 11.2 Å². The molecule has 0 saturated carbocycles. The fraction of sp³-hybridized carbons (Fsp3) is 0.316. The van der Waals surface area contributed by atoms with Gasteiger partial charge >= 0.3 is 0 Å². The van der Waals surface area contributed by atoms with Gasteiger partial charge in [-0.05, 0) is 48.2 Å². The van der Waals surface area contributed by atoms with Crippen LogP contribution in [0, 0.1) is 5.82 Å². The van der Waals surface area contributed by atoms with Gasteiger partial charge in [0, 0.05) is 5.69 Å². The van der Waals surface area contributed by atoms with Gasteiger partial charge < -0.3 is 0 Å². The quantitative estimate of drug-likeness (QED) is 0.779. The van der Waals surface area contributed by atoms with Crippen molar-refractivity contribution in [2.75, 3.05) is 4.90 Å². The molecule has 0 N–H and O–H groups in total. The number of halogens is 1. The molecule has 1 fully saturated rings. The van der Waals surface area contributed by atoms with Crippen molar-refractivity contribution in [1.82, 2.24) is 0 Å². The average Bonchev–Trinajstić information content (AvgIpc) is 2.84. The molecule has 0 aromatic heterocycles. The van der Waals surface area contributed by atoms with Gasteiger partial charge in [-0.3, -0.25) is 9.69 Å². The van der Waals surface area contributed by atoms with Crippen molar-refractivity contribution in [3.8, 4) is 0 Å². The maximum Gasteiger partial charge on any atom is 0.241 e. The van der Waals surface area contributed by atoms with Crippen molar-refractivity contribution in [2.24, 2.45) is 0 Å². The predicted molar refractivity (Wildman–Crippen MR) is 94.2 cm³/mol. The summed E-state index contributed by atoms with van der Waals surface area (Å²) in [4.78, 5) is 14.4. The smallest absolute Gasteiger partial charge is 0.241 e. The van der Waals surface area contributed by atoms with E-state index in [-0.39, 0.29) is 22.3 Å². The van der Waals surface area contributed by atoms with E-state index in [1.54, 1.807) is 23.9 Å². The van der Waals surface area contributed by atoms with Gasteiger partial charge in [0.15, 0.2) is 0 Å². The van der Waals surface area contributed by atoms with Gasteiger partial charge in [0.2, 0.25) is 5.91 Å². The third-order valence-electron chi connectivity index (χ3n) is 4.15. The molecule has 3 rings (SSSR count). The molecule has 23 heavy (non-hydrogen) atoms. The third-order valence-corrected chi connectivity index (χ3v) is 5.50. The molecule has 0 radical (unpaired) electrons. The summed E-state index contributed by atoms with van der Waals surface area (Å²) in [7, 11) is 0. The number of hydrogen-bond acceptors (Lipinski definition) is 2. The lowest BCUT2D eigenvalue weighted by atomic mass is 10.0. The molecular weight excluding hydrogens is 309 g/mol. The number of amides is 1. The zero-order chi connectivity index (χ0) is 16.6. The first-order valence-corrected chi connectivity index (χ1v) is 8.75. The lowest BCUT2D eigenvalue weighted by Gasteiger charge is -2.24. The van der Waals surface area contributed by atoms with Crippen LogP contribution in [0.25, 0.3) is 0 Å². The Bertz CT molecular complexity index is 696. The largest absolute Gasteiger partial charge is 0.295 e. The number of nitrogens with zero attached hydrogens (tertiary/aromatic N) is 1. The standard InChI is InChI=1S/C19H20FNOS/c1-12(2)14-6-10-17(11-7-14)21-18(22)13(3)23-19(21)15-4-8-16(20)9-5-15/h4-13,19H,1-3H3/t13-,19+/m0/s1. The van der Waals surface area contributed by atoms with Crippen molar-refractivity contribution < 1.29 is 9.18 Å². The Morgan fingerprint density at radius 2 is 1.65 bits per heavy atom. The molecule has 1 aliphatic heterocycles. The maximum absolute atomic E-state index is 13.2. The van der Waals surface area contributed by atoms with Gasteiger partial charge in [-0.1, -0.05) is 38.1 Å². The summed E-state index contributed by atoms with van der Waals surface area (Å²) in [6, 6.07) is 14.6. The summed E-state index contributed by atoms with van der Waals surface area (Å²) >= 11 is 1.60. The summed E-state index contributed by atoms with van der Waals surface area (Å²) in [6.45, 7) is 6.22. The first-order chi connectivity index (χ1) is 11.0. The van der Waals surface area contributed by atoms with E-state index in [0.717, 1.165) is 11.3 Å². The van der Waals surface area contributed by atoms with Gasteiger partial charge in [-0.2, -0.15) is 0 Å². The minimum Gasteiger partial charge on any atom is -0.295 e. The van der Waals surface area contributed by atoms with Crippen molar-refractivity contribution in [1.29, 1.82) is 0 Å². The lowest BCUT2D eigenvalue weighted by Crippen LogP contribution is -2.30. The summed E-state index contributed by atoms with van der Waals surface area (Å²) in [5, 5.41) is -0.210. The maximum atomic E-state index is 13.2. The van der Waals surface area contributed by atoms with E-state index in [0.29, 0.717) is 5.92 Å². The number of carbonyl (C=O) groups excluding carboxylic acids is 1. The normalized spacial score (nSPS) is 21.3. The Labute approximate surface area is 140 Å². The number of rotatable bonds is 3. The van der Waals surface area contributed by atoms with Crippen LogP contribution in [0.15, 0.2) is 48.5 Å². The number of hydrogen-bond donors (Lipinski definition) is 0. The monoisotopic (exact) mass is 329 g/mol. The molecule has 120 valence electrons. The van der Waals surface area contributed by atoms with Crippen molar-refractivity contribution in [2.45, 2.75) is 37.3 Å². The molecule has 2 atom stereocenters. The van der Waals surface area contributed by atoms with Crippen LogP contribution in [0.1, 0.15) is 43.2 Å². The predicted octanol–water partition coefficient (Wildman–Crippen LogP) is 5.12. The Kier molecular flexibility index (Phi) is 4.44. The molecule has 2 aromatic rings. The second kappa shape index (κ2) is 6.36. The van der Waals surface area contributed by atoms with E-state index in [1.165, 1.54) is 17.7 Å². The second-order valence-corrected chi connectivity index (χ2v) is 7.56. The zero-order valence-electron chi connectivity index (χ0n) is 13.5. The van der Waals surface area contributed by atoms with E-state index in [9.17, 15) is 9.18 Å². The molecule has 0 unspecified atom stereocenters. The lowest BCUT2D eigenvalue weighted by molar-refractivity contribution is -0.117. The van der Waals surface area contributed by atoms with Crippen LogP contribution in [-0.4, -0.2) is 11.2 Å². The minimum atomic E-state index is -0.260. The Morgan fingerprint density at radius 1 is 1.04 bits per heavy atom. The highest BCUT2D eigenvalue weighted by Crippen LogP contribution is 2.45. The van der Waals surface area contributed by atoms with E-state index < -0.39 is 0 Å². The summed E-state index contributed by atoms with van der Waals surface area (Å²) in [6.07, 6.45) is 0. The number of anilines is 1. The SMILES string of the molecule is CC(C)c1ccc(N2C(=O)[C@H](C)S[C@@H]2c2ccc(F)cc2)cc1. The summed E-state index contributed by atoms with van der Waals surface area (Å²) in [5.41, 5.74) is 3.09. The van der Waals surface area contributed by atoms with Crippen molar-refractivity contribution in [3.05, 3.63) is 65.5 Å². The molecule has 1 saturated heterocycles. The van der Waals surface area contributed by atoms with Crippen molar-refractivity contribution in [3.63, 3.8) is 0 Å². The zero-order valence-corrected chi connectivity index (χ0v) is 14.3. The molecule has 0 aliphatic carbocycles. The highest BCUT2D eigenvalue weighted by atomic mass is 32.2. The fourth-order valence-corrected chi connectivity index (χ4v) is 4.04. The molecule has 0 bridgehead atoms. The molecule has 2 aromatic carbocycles. The van der Waals surface area contributed by atoms with Crippen LogP contribution in [0.3, 0.4) is 0 Å². The molecule has 0 spiro atoms. The van der Waals surface area contributed by atoms with Gasteiger partial charge in [-0.15, -0.1) is 11.8 Å². The molecule has 1 amide bonds. The summed E-state index contributed by atoms with van der Waals surface area (Å²) in [5.74, 6) is 0.296. The van der Waals surface area contributed by atoms with Crippen LogP contribution in [0.2, 0.25) is 0 Å². The van der Waals surface area contributed by atoms with Crippen LogP contribution >= 0.6 is 11.8 Å². The van der Waals surface area contributed by atoms with Gasteiger partial charge in [0.05, 0.1) is 5.25 Å². The highest BCUT2D eigenvalue weighted by molar-refractivity contribution is 8.01. The van der Waals surface area contributed by atoms with E-state index >= 15 is 0 Å². The Morgan fingerprint density at radius 3 is 2.22 bits per heavy atom. The molecule has 4 heteroatoms. The fourth-order valence-electron chi connectivity index (χ4n) is 2.76. The summed E-state index contributed by atoms with van der Waals surface area (Å²) < 4.78 is 13.2. The van der Waals surface area contributed by atoms with Gasteiger partial charge in [-0.25, -0.2) is 4.39 Å². The van der Waals surface area contributed by atoms with Crippen molar-refractivity contribution >= 4 is 23.4 Å². The van der Waals surface area contributed by atoms with Crippen LogP contribution in [0.4, 0.5) is 10.1 Å². The molecule has 1 aliphatic rings. The minimum absolute atomic E-state index is 0.0987. The van der Waals surface area contributed by atoms with Crippen LogP contribution < -0.4 is 4.90 Å². The first kappa shape index (κ1) is 16.1. The van der Waals surface area contributed by atoms with Crippen LogP contribution in [-0.2, 0) is 4.79 Å². The number of benzene rings is 2. The second-order valence-electron chi connectivity index (χ2n) is 6.14. The van der Waals surface area contributed by atoms with E-state index in [2.05, 4.69) is 26.0 Å². The number of thioether (sulfide) groups is 1. The average molecular weight is 329 g/mol. The van der Waals surface area contributed by atoms with Crippen LogP contribution in [0.5, 0.6) is 0 Å². The Hall–Kier alpha value is -1.81. The Balaban J connectivity index is 1.96. The molecule has 1 heterocycles. The number of carbonyl (C=O) groups is 1. The highest BCUT2D eigenvalue weighted by Gasteiger charge is 2.39. The molecular formula is C19H20FNOS. The topological polar surface area (TPSA) is 20.3 Å². The molecule has 2 nitrogen and oxygen atoms in total. The first-order valence-electron chi connectivity index (χ1n) is 7.81. The van der Waals surface area contributed by atoms with E-state index in [1.807, 2.05) is 24.0 Å². The van der Waals surface area contributed by atoms with E-state index in [4.69, 9.17) is 0 Å².